The SMILES string of the molecule is Cc1nc(-c2ccc(OC(F)(F)F)cc2)c2ncn(C)c2c1Br. The van der Waals surface area contributed by atoms with Gasteiger partial charge in [0.05, 0.1) is 27.7 Å². The number of hydrogen-bond acceptors (Lipinski definition) is 3. The first kappa shape index (κ1) is 15.8. The van der Waals surface area contributed by atoms with Crippen LogP contribution in [0.2, 0.25) is 0 Å². The van der Waals surface area contributed by atoms with Crippen molar-refractivity contribution in [3.05, 3.63) is 40.8 Å². The Labute approximate surface area is 138 Å². The van der Waals surface area contributed by atoms with Gasteiger partial charge in [0.1, 0.15) is 11.3 Å². The van der Waals surface area contributed by atoms with Crippen molar-refractivity contribution >= 4 is 27.0 Å². The Kier molecular flexibility index (Phi) is 3.79. The van der Waals surface area contributed by atoms with Crippen LogP contribution in [-0.4, -0.2) is 20.9 Å². The summed E-state index contributed by atoms with van der Waals surface area (Å²) >= 11 is 3.49. The zero-order valence-corrected chi connectivity index (χ0v) is 13.7. The van der Waals surface area contributed by atoms with Gasteiger partial charge in [-0.3, -0.25) is 0 Å². The Bertz CT molecular complexity index is 872. The Hall–Kier alpha value is -2.09. The van der Waals surface area contributed by atoms with Crippen molar-refractivity contribution < 1.29 is 17.9 Å². The van der Waals surface area contributed by atoms with E-state index in [2.05, 4.69) is 30.6 Å². The molecule has 0 amide bonds. The zero-order valence-electron chi connectivity index (χ0n) is 12.1. The molecule has 0 fully saturated rings. The van der Waals surface area contributed by atoms with Crippen LogP contribution in [0.5, 0.6) is 5.75 Å². The number of imidazole rings is 1. The van der Waals surface area contributed by atoms with Gasteiger partial charge in [0.15, 0.2) is 0 Å². The molecule has 120 valence electrons. The van der Waals surface area contributed by atoms with Crippen LogP contribution >= 0.6 is 15.9 Å². The standard InChI is InChI=1S/C15H11BrF3N3O/c1-8-11(16)14-13(20-7-22(14)2)12(21-8)9-3-5-10(6-4-9)23-15(17,18)19/h3-7H,1-2H3. The Morgan fingerprint density at radius 1 is 1.17 bits per heavy atom. The molecule has 0 aliphatic rings. The van der Waals surface area contributed by atoms with E-state index in [1.54, 1.807) is 6.33 Å². The summed E-state index contributed by atoms with van der Waals surface area (Å²) < 4.78 is 43.2. The number of ether oxygens (including phenoxy) is 1. The molecule has 0 spiro atoms. The highest BCUT2D eigenvalue weighted by Gasteiger charge is 2.31. The van der Waals surface area contributed by atoms with E-state index in [1.807, 2.05) is 18.5 Å². The molecule has 2 aromatic heterocycles. The molecule has 3 aromatic rings. The Balaban J connectivity index is 2.09. The number of alkyl halides is 3. The first-order valence-corrected chi connectivity index (χ1v) is 7.39. The van der Waals surface area contributed by atoms with Crippen molar-refractivity contribution in [3.8, 4) is 17.0 Å². The van der Waals surface area contributed by atoms with Gasteiger partial charge in [0.2, 0.25) is 0 Å². The third-order valence-electron chi connectivity index (χ3n) is 3.33. The van der Waals surface area contributed by atoms with E-state index >= 15 is 0 Å². The van der Waals surface area contributed by atoms with E-state index in [1.165, 1.54) is 24.3 Å². The second kappa shape index (κ2) is 5.52. The molecule has 0 aliphatic heterocycles. The van der Waals surface area contributed by atoms with Crippen LogP contribution in [0.25, 0.3) is 22.3 Å². The highest BCUT2D eigenvalue weighted by molar-refractivity contribution is 9.10. The molecule has 0 saturated heterocycles. The van der Waals surface area contributed by atoms with Crippen LogP contribution in [-0.2, 0) is 7.05 Å². The molecule has 0 N–H and O–H groups in total. The topological polar surface area (TPSA) is 39.9 Å². The molecule has 8 heteroatoms. The van der Waals surface area contributed by atoms with Gasteiger partial charge in [0, 0.05) is 12.6 Å². The van der Waals surface area contributed by atoms with E-state index in [0.717, 1.165) is 15.7 Å². The Morgan fingerprint density at radius 2 is 1.83 bits per heavy atom. The maximum atomic E-state index is 12.2. The molecule has 4 nitrogen and oxygen atoms in total. The van der Waals surface area contributed by atoms with E-state index < -0.39 is 6.36 Å². The first-order valence-electron chi connectivity index (χ1n) is 6.59. The second-order valence-electron chi connectivity index (χ2n) is 4.98. The molecule has 23 heavy (non-hydrogen) atoms. The average molecular weight is 386 g/mol. The summed E-state index contributed by atoms with van der Waals surface area (Å²) in [4.78, 5) is 8.84. The molecule has 0 radical (unpaired) electrons. The predicted molar refractivity (Wildman–Crippen MR) is 83.1 cm³/mol. The molecule has 0 bridgehead atoms. The number of halogens is 4. The van der Waals surface area contributed by atoms with E-state index in [-0.39, 0.29) is 5.75 Å². The summed E-state index contributed by atoms with van der Waals surface area (Å²) in [7, 11) is 1.86. The maximum absolute atomic E-state index is 12.2. The quantitative estimate of drug-likeness (QED) is 0.646. The minimum absolute atomic E-state index is 0.271. The normalized spacial score (nSPS) is 11.9. The summed E-state index contributed by atoms with van der Waals surface area (Å²) in [6, 6.07) is 5.59. The maximum Gasteiger partial charge on any atom is 0.573 e. The molecular formula is C15H11BrF3N3O. The summed E-state index contributed by atoms with van der Waals surface area (Å²) in [6.07, 6.45) is -3.04. The fraction of sp³-hybridized carbons (Fsp3) is 0.200. The van der Waals surface area contributed by atoms with Gasteiger partial charge >= 0.3 is 6.36 Å². The van der Waals surface area contributed by atoms with Crippen molar-refractivity contribution in [1.29, 1.82) is 0 Å². The van der Waals surface area contributed by atoms with Crippen molar-refractivity contribution in [3.63, 3.8) is 0 Å². The van der Waals surface area contributed by atoms with Gasteiger partial charge in [-0.15, -0.1) is 13.2 Å². The molecule has 0 atom stereocenters. The van der Waals surface area contributed by atoms with Crippen LogP contribution in [0.1, 0.15) is 5.69 Å². The number of benzene rings is 1. The zero-order chi connectivity index (χ0) is 16.8. The number of aryl methyl sites for hydroxylation is 2. The van der Waals surface area contributed by atoms with Gasteiger partial charge in [-0.1, -0.05) is 0 Å². The first-order chi connectivity index (χ1) is 10.8. The van der Waals surface area contributed by atoms with Gasteiger partial charge in [-0.2, -0.15) is 0 Å². The van der Waals surface area contributed by atoms with E-state index in [4.69, 9.17) is 0 Å². The summed E-state index contributed by atoms with van der Waals surface area (Å²) in [5, 5.41) is 0. The van der Waals surface area contributed by atoms with Crippen LogP contribution in [0.3, 0.4) is 0 Å². The lowest BCUT2D eigenvalue weighted by atomic mass is 10.1. The van der Waals surface area contributed by atoms with E-state index in [0.29, 0.717) is 16.8 Å². The number of pyridine rings is 1. The minimum atomic E-state index is -4.71. The molecule has 1 aromatic carbocycles. The van der Waals surface area contributed by atoms with Gasteiger partial charge in [0.25, 0.3) is 0 Å². The molecule has 0 saturated carbocycles. The highest BCUT2D eigenvalue weighted by atomic mass is 79.9. The second-order valence-corrected chi connectivity index (χ2v) is 5.78. The monoisotopic (exact) mass is 385 g/mol. The largest absolute Gasteiger partial charge is 0.573 e. The Morgan fingerprint density at radius 3 is 2.43 bits per heavy atom. The minimum Gasteiger partial charge on any atom is -0.406 e. The van der Waals surface area contributed by atoms with Crippen LogP contribution < -0.4 is 4.74 Å². The average Bonchev–Trinajstić information content (AvgIpc) is 2.84. The summed E-state index contributed by atoms with van der Waals surface area (Å²) in [6.45, 7) is 1.85. The number of hydrogen-bond donors (Lipinski definition) is 0. The number of nitrogens with zero attached hydrogens (tertiary/aromatic N) is 3. The van der Waals surface area contributed by atoms with Gasteiger partial charge in [-0.25, -0.2) is 9.97 Å². The highest BCUT2D eigenvalue weighted by Crippen LogP contribution is 2.33. The third-order valence-corrected chi connectivity index (χ3v) is 4.28. The van der Waals surface area contributed by atoms with Crippen molar-refractivity contribution in [2.45, 2.75) is 13.3 Å². The predicted octanol–water partition coefficient (Wildman–Crippen LogP) is 4.60. The summed E-state index contributed by atoms with van der Waals surface area (Å²) in [5.41, 5.74) is 3.60. The third kappa shape index (κ3) is 3.03. The number of aromatic nitrogens is 3. The van der Waals surface area contributed by atoms with Gasteiger partial charge in [-0.05, 0) is 47.1 Å². The number of rotatable bonds is 2. The summed E-state index contributed by atoms with van der Waals surface area (Å²) in [5.74, 6) is -0.271. The van der Waals surface area contributed by atoms with Crippen molar-refractivity contribution in [2.75, 3.05) is 0 Å². The lowest BCUT2D eigenvalue weighted by Crippen LogP contribution is -2.16. The van der Waals surface area contributed by atoms with Crippen molar-refractivity contribution in [2.24, 2.45) is 7.05 Å². The molecule has 0 unspecified atom stereocenters. The van der Waals surface area contributed by atoms with Crippen LogP contribution in [0.15, 0.2) is 35.1 Å². The lowest BCUT2D eigenvalue weighted by Gasteiger charge is -2.10. The molecule has 0 aliphatic carbocycles. The van der Waals surface area contributed by atoms with Crippen LogP contribution in [0, 0.1) is 6.92 Å². The number of fused-ring (bicyclic) bond motifs is 1. The molecular weight excluding hydrogens is 375 g/mol. The van der Waals surface area contributed by atoms with Crippen molar-refractivity contribution in [1.82, 2.24) is 14.5 Å². The lowest BCUT2D eigenvalue weighted by molar-refractivity contribution is -0.274. The molecule has 2 heterocycles. The van der Waals surface area contributed by atoms with E-state index in [9.17, 15) is 13.2 Å². The molecule has 3 rings (SSSR count). The van der Waals surface area contributed by atoms with Gasteiger partial charge < -0.3 is 9.30 Å². The fourth-order valence-corrected chi connectivity index (χ4v) is 2.88. The fourth-order valence-electron chi connectivity index (χ4n) is 2.32. The smallest absolute Gasteiger partial charge is 0.406 e. The van der Waals surface area contributed by atoms with Crippen LogP contribution in [0.4, 0.5) is 13.2 Å².